The molecule has 6 nitrogen and oxygen atoms in total. The number of aliphatic carboxylic acids is 1. The maximum absolute atomic E-state index is 13.0. The van der Waals surface area contributed by atoms with Crippen molar-refractivity contribution in [3.63, 3.8) is 0 Å². The molecule has 154 valence electrons. The molecule has 1 aliphatic heterocycles. The van der Waals surface area contributed by atoms with E-state index in [4.69, 9.17) is 9.47 Å². The van der Waals surface area contributed by atoms with Crippen LogP contribution < -0.4 is 9.47 Å². The molecule has 0 radical (unpaired) electrons. The van der Waals surface area contributed by atoms with Crippen molar-refractivity contribution in [2.45, 2.75) is 63.8 Å². The first-order valence-electron chi connectivity index (χ1n) is 10.3. The number of amides is 1. The minimum Gasteiger partial charge on any atom is -0.493 e. The second-order valence-corrected chi connectivity index (χ2v) is 7.90. The van der Waals surface area contributed by atoms with E-state index in [-0.39, 0.29) is 12.3 Å². The Hall–Kier alpha value is -2.24. The number of methoxy groups -OCH3 is 2. The average Bonchev–Trinajstić information content (AvgIpc) is 2.71. The van der Waals surface area contributed by atoms with Gasteiger partial charge in [0.2, 0.25) is 5.91 Å². The number of carboxylic acid groups (broad SMARTS) is 1. The van der Waals surface area contributed by atoms with E-state index in [2.05, 4.69) is 0 Å². The molecule has 0 aromatic heterocycles. The minimum atomic E-state index is -0.905. The highest BCUT2D eigenvalue weighted by Crippen LogP contribution is 2.40. The van der Waals surface area contributed by atoms with Crippen molar-refractivity contribution in [2.75, 3.05) is 20.8 Å². The van der Waals surface area contributed by atoms with Crippen LogP contribution in [0.2, 0.25) is 0 Å². The third-order valence-electron chi connectivity index (χ3n) is 6.18. The standard InChI is InChI=1S/C22H31NO5/c1-27-19-12-16-10-11-23(21(24)9-8-15-6-4-3-5-7-15)18(14-22(25)26)17(16)13-20(19)28-2/h12-13,15,18H,3-11,14H2,1-2H3,(H,25,26). The van der Waals surface area contributed by atoms with Crippen molar-refractivity contribution in [2.24, 2.45) is 5.92 Å². The van der Waals surface area contributed by atoms with E-state index in [0.717, 1.165) is 17.5 Å². The Morgan fingerprint density at radius 1 is 1.11 bits per heavy atom. The van der Waals surface area contributed by atoms with Gasteiger partial charge in [-0.2, -0.15) is 0 Å². The number of fused-ring (bicyclic) bond motifs is 1. The topological polar surface area (TPSA) is 76.1 Å². The second kappa shape index (κ2) is 9.30. The Labute approximate surface area is 166 Å². The van der Waals surface area contributed by atoms with Gasteiger partial charge in [0.05, 0.1) is 26.7 Å². The van der Waals surface area contributed by atoms with Gasteiger partial charge < -0.3 is 19.5 Å². The monoisotopic (exact) mass is 389 g/mol. The van der Waals surface area contributed by atoms with E-state index in [1.165, 1.54) is 32.1 Å². The van der Waals surface area contributed by atoms with Gasteiger partial charge in [-0.1, -0.05) is 32.1 Å². The van der Waals surface area contributed by atoms with Crippen LogP contribution >= 0.6 is 0 Å². The smallest absolute Gasteiger partial charge is 0.305 e. The fourth-order valence-corrected chi connectivity index (χ4v) is 4.66. The number of hydrogen-bond donors (Lipinski definition) is 1. The van der Waals surface area contributed by atoms with E-state index in [1.807, 2.05) is 12.1 Å². The Morgan fingerprint density at radius 3 is 2.43 bits per heavy atom. The number of carbonyl (C=O) groups excluding carboxylic acids is 1. The number of benzene rings is 1. The molecule has 1 unspecified atom stereocenters. The van der Waals surface area contributed by atoms with Crippen molar-refractivity contribution in [1.29, 1.82) is 0 Å². The molecule has 1 saturated carbocycles. The lowest BCUT2D eigenvalue weighted by molar-refractivity contribution is -0.141. The van der Waals surface area contributed by atoms with Gasteiger partial charge in [-0.05, 0) is 42.0 Å². The Kier molecular flexibility index (Phi) is 6.81. The highest BCUT2D eigenvalue weighted by Gasteiger charge is 2.33. The molecule has 1 N–H and O–H groups in total. The van der Waals surface area contributed by atoms with Gasteiger partial charge in [0.25, 0.3) is 0 Å². The zero-order chi connectivity index (χ0) is 20.1. The molecule has 1 aromatic rings. The zero-order valence-electron chi connectivity index (χ0n) is 16.9. The largest absolute Gasteiger partial charge is 0.493 e. The van der Waals surface area contributed by atoms with Crippen molar-refractivity contribution < 1.29 is 24.2 Å². The molecule has 1 atom stereocenters. The zero-order valence-corrected chi connectivity index (χ0v) is 16.9. The van der Waals surface area contributed by atoms with Crippen molar-refractivity contribution in [3.8, 4) is 11.5 Å². The van der Waals surface area contributed by atoms with E-state index >= 15 is 0 Å². The molecule has 1 amide bonds. The third-order valence-corrected chi connectivity index (χ3v) is 6.18. The van der Waals surface area contributed by atoms with E-state index in [9.17, 15) is 14.7 Å². The fourth-order valence-electron chi connectivity index (χ4n) is 4.66. The highest BCUT2D eigenvalue weighted by molar-refractivity contribution is 5.78. The predicted octanol–water partition coefficient (Wildman–Crippen LogP) is 3.96. The van der Waals surface area contributed by atoms with Crippen LogP contribution in [-0.4, -0.2) is 42.6 Å². The van der Waals surface area contributed by atoms with Gasteiger partial charge in [-0.25, -0.2) is 0 Å². The van der Waals surface area contributed by atoms with Gasteiger partial charge in [-0.15, -0.1) is 0 Å². The number of nitrogens with zero attached hydrogens (tertiary/aromatic N) is 1. The fraction of sp³-hybridized carbons (Fsp3) is 0.636. The summed E-state index contributed by atoms with van der Waals surface area (Å²) in [6, 6.07) is 3.29. The summed E-state index contributed by atoms with van der Waals surface area (Å²) in [4.78, 5) is 26.3. The molecule has 28 heavy (non-hydrogen) atoms. The quantitative estimate of drug-likeness (QED) is 0.764. The second-order valence-electron chi connectivity index (χ2n) is 7.90. The van der Waals surface area contributed by atoms with Crippen LogP contribution in [0.1, 0.15) is 68.5 Å². The van der Waals surface area contributed by atoms with E-state index < -0.39 is 12.0 Å². The average molecular weight is 389 g/mol. The summed E-state index contributed by atoms with van der Waals surface area (Å²) in [6.45, 7) is 0.546. The lowest BCUT2D eigenvalue weighted by atomic mass is 9.85. The lowest BCUT2D eigenvalue weighted by Gasteiger charge is -2.37. The van der Waals surface area contributed by atoms with Crippen LogP contribution in [0.3, 0.4) is 0 Å². The van der Waals surface area contributed by atoms with Crippen LogP contribution in [0.15, 0.2) is 12.1 Å². The van der Waals surface area contributed by atoms with Crippen LogP contribution in [0, 0.1) is 5.92 Å². The van der Waals surface area contributed by atoms with Crippen LogP contribution in [0.25, 0.3) is 0 Å². The van der Waals surface area contributed by atoms with Crippen LogP contribution in [0.4, 0.5) is 0 Å². The van der Waals surface area contributed by atoms with Crippen molar-refractivity contribution in [3.05, 3.63) is 23.3 Å². The lowest BCUT2D eigenvalue weighted by Crippen LogP contribution is -2.41. The first-order valence-corrected chi connectivity index (χ1v) is 10.3. The molecule has 0 saturated heterocycles. The van der Waals surface area contributed by atoms with Gasteiger partial charge in [0.1, 0.15) is 0 Å². The van der Waals surface area contributed by atoms with Crippen LogP contribution in [-0.2, 0) is 16.0 Å². The van der Waals surface area contributed by atoms with Gasteiger partial charge in [0.15, 0.2) is 11.5 Å². The normalized spacial score (nSPS) is 19.8. The van der Waals surface area contributed by atoms with Gasteiger partial charge >= 0.3 is 5.97 Å². The van der Waals surface area contributed by atoms with Crippen LogP contribution in [0.5, 0.6) is 11.5 Å². The predicted molar refractivity (Wildman–Crippen MR) is 106 cm³/mol. The van der Waals surface area contributed by atoms with Gasteiger partial charge in [-0.3, -0.25) is 9.59 Å². The van der Waals surface area contributed by atoms with E-state index in [0.29, 0.717) is 36.8 Å². The van der Waals surface area contributed by atoms with Crippen molar-refractivity contribution >= 4 is 11.9 Å². The molecule has 1 aromatic carbocycles. The summed E-state index contributed by atoms with van der Waals surface area (Å²) in [6.07, 6.45) is 8.27. The summed E-state index contributed by atoms with van der Waals surface area (Å²) >= 11 is 0. The van der Waals surface area contributed by atoms with E-state index in [1.54, 1.807) is 19.1 Å². The Balaban J connectivity index is 1.79. The maximum Gasteiger partial charge on any atom is 0.305 e. The maximum atomic E-state index is 13.0. The number of carboxylic acids is 1. The molecule has 2 aliphatic rings. The summed E-state index contributed by atoms with van der Waals surface area (Å²) in [5.41, 5.74) is 1.89. The molecular weight excluding hydrogens is 358 g/mol. The Bertz CT molecular complexity index is 711. The third kappa shape index (κ3) is 4.59. The number of hydrogen-bond acceptors (Lipinski definition) is 4. The molecule has 1 heterocycles. The molecule has 1 fully saturated rings. The number of ether oxygens (including phenoxy) is 2. The highest BCUT2D eigenvalue weighted by atomic mass is 16.5. The summed E-state index contributed by atoms with van der Waals surface area (Å²) in [5, 5.41) is 9.46. The first kappa shape index (κ1) is 20.5. The number of carbonyl (C=O) groups is 2. The molecular formula is C22H31NO5. The summed E-state index contributed by atoms with van der Waals surface area (Å²) in [5.74, 6) is 0.993. The molecule has 0 bridgehead atoms. The summed E-state index contributed by atoms with van der Waals surface area (Å²) < 4.78 is 10.8. The summed E-state index contributed by atoms with van der Waals surface area (Å²) in [7, 11) is 3.15. The first-order chi connectivity index (χ1) is 13.5. The van der Waals surface area contributed by atoms with Gasteiger partial charge in [0, 0.05) is 13.0 Å². The SMILES string of the molecule is COc1cc2c(cc1OC)C(CC(=O)O)N(C(=O)CCC1CCCCC1)CC2. The Morgan fingerprint density at radius 2 is 1.79 bits per heavy atom. The van der Waals surface area contributed by atoms with Crippen molar-refractivity contribution in [1.82, 2.24) is 4.90 Å². The molecule has 1 aliphatic carbocycles. The number of rotatable bonds is 7. The molecule has 3 rings (SSSR count). The molecule has 6 heteroatoms. The molecule has 0 spiro atoms. The minimum absolute atomic E-state index is 0.0669.